The maximum atomic E-state index is 12.8. The first-order valence-electron chi connectivity index (χ1n) is 8.05. The Kier molecular flexibility index (Phi) is 4.89. The second-order valence-electron chi connectivity index (χ2n) is 6.41. The number of aliphatic carboxylic acids is 1. The first-order valence-corrected chi connectivity index (χ1v) is 11.0. The molecule has 1 aromatic carbocycles. The number of carboxylic acids is 1. The molecule has 25 heavy (non-hydrogen) atoms. The second-order valence-corrected chi connectivity index (χ2v) is 10.1. The Morgan fingerprint density at radius 1 is 1.12 bits per heavy atom. The van der Waals surface area contributed by atoms with Crippen molar-refractivity contribution in [1.82, 2.24) is 9.03 Å². The second kappa shape index (κ2) is 6.67. The van der Waals surface area contributed by atoms with Crippen LogP contribution in [0.1, 0.15) is 25.7 Å². The fourth-order valence-corrected chi connectivity index (χ4v) is 5.80. The van der Waals surface area contributed by atoms with Crippen LogP contribution < -0.4 is 4.72 Å². The molecule has 1 aliphatic heterocycles. The maximum Gasteiger partial charge on any atom is 0.307 e. The van der Waals surface area contributed by atoms with E-state index in [9.17, 15) is 21.6 Å². The van der Waals surface area contributed by atoms with Gasteiger partial charge in [0.25, 0.3) is 0 Å². The molecule has 3 rings (SSSR count). The Balaban J connectivity index is 1.87. The number of carboxylic acid groups (broad SMARTS) is 1. The summed E-state index contributed by atoms with van der Waals surface area (Å²) in [6.45, 7) is 0.123. The summed E-state index contributed by atoms with van der Waals surface area (Å²) in [6.07, 6.45) is 2.45. The van der Waals surface area contributed by atoms with Gasteiger partial charge in [0.1, 0.15) is 0 Å². The predicted octanol–water partition coefficient (Wildman–Crippen LogP) is 0.613. The van der Waals surface area contributed by atoms with Crippen molar-refractivity contribution >= 4 is 26.0 Å². The third-order valence-corrected chi connectivity index (χ3v) is 7.77. The molecule has 2 N–H and O–H groups in total. The van der Waals surface area contributed by atoms with E-state index in [1.54, 1.807) is 0 Å². The number of hydrogen-bond donors (Lipinski definition) is 2. The molecule has 1 saturated heterocycles. The van der Waals surface area contributed by atoms with Crippen LogP contribution in [0.3, 0.4) is 0 Å². The molecule has 1 heterocycles. The van der Waals surface area contributed by atoms with Crippen LogP contribution in [-0.4, -0.2) is 51.3 Å². The summed E-state index contributed by atoms with van der Waals surface area (Å²) in [6, 6.07) is 5.11. The van der Waals surface area contributed by atoms with Gasteiger partial charge in [-0.15, -0.1) is 0 Å². The maximum absolute atomic E-state index is 12.8. The van der Waals surface area contributed by atoms with Crippen LogP contribution in [0.25, 0.3) is 0 Å². The normalized spacial score (nSPS) is 22.6. The number of carbonyl (C=O) groups is 1. The first kappa shape index (κ1) is 18.3. The van der Waals surface area contributed by atoms with Gasteiger partial charge in [-0.3, -0.25) is 4.79 Å². The van der Waals surface area contributed by atoms with Crippen molar-refractivity contribution in [1.29, 1.82) is 0 Å². The Hall–Kier alpha value is -1.49. The van der Waals surface area contributed by atoms with Gasteiger partial charge in [-0.2, -0.15) is 4.31 Å². The van der Waals surface area contributed by atoms with Gasteiger partial charge in [0.2, 0.25) is 20.0 Å². The highest BCUT2D eigenvalue weighted by Crippen LogP contribution is 2.26. The van der Waals surface area contributed by atoms with E-state index in [-0.39, 0.29) is 28.9 Å². The molecule has 0 spiro atoms. The number of piperidine rings is 1. The Bertz CT molecular complexity index is 877. The average molecular weight is 388 g/mol. The van der Waals surface area contributed by atoms with E-state index >= 15 is 0 Å². The fourth-order valence-electron chi connectivity index (χ4n) is 2.80. The van der Waals surface area contributed by atoms with Crippen LogP contribution >= 0.6 is 0 Å². The molecule has 138 valence electrons. The van der Waals surface area contributed by atoms with E-state index in [2.05, 4.69) is 4.72 Å². The number of rotatable bonds is 6. The number of hydrogen-bond acceptors (Lipinski definition) is 5. The minimum Gasteiger partial charge on any atom is -0.481 e. The van der Waals surface area contributed by atoms with E-state index in [4.69, 9.17) is 5.11 Å². The summed E-state index contributed by atoms with van der Waals surface area (Å²) >= 11 is 0. The van der Waals surface area contributed by atoms with Gasteiger partial charge in [-0.05, 0) is 43.9 Å². The van der Waals surface area contributed by atoms with Gasteiger partial charge in [-0.25, -0.2) is 21.6 Å². The molecule has 1 atom stereocenters. The van der Waals surface area contributed by atoms with Crippen LogP contribution in [0.5, 0.6) is 0 Å². The third-order valence-electron chi connectivity index (χ3n) is 4.39. The number of sulfonamides is 2. The molecule has 2 fully saturated rings. The van der Waals surface area contributed by atoms with Crippen molar-refractivity contribution in [3.63, 3.8) is 0 Å². The zero-order valence-corrected chi connectivity index (χ0v) is 15.1. The molecular formula is C15H20N2O6S2. The summed E-state index contributed by atoms with van der Waals surface area (Å²) in [4.78, 5) is 10.9. The van der Waals surface area contributed by atoms with Crippen LogP contribution in [0.2, 0.25) is 0 Å². The molecule has 1 saturated carbocycles. The largest absolute Gasteiger partial charge is 0.481 e. The highest BCUT2D eigenvalue weighted by Gasteiger charge is 2.34. The number of nitrogens with one attached hydrogen (secondary N) is 1. The molecule has 0 radical (unpaired) electrons. The van der Waals surface area contributed by atoms with Crippen LogP contribution in [-0.2, 0) is 24.8 Å². The van der Waals surface area contributed by atoms with Gasteiger partial charge < -0.3 is 5.11 Å². The third kappa shape index (κ3) is 4.02. The molecule has 0 aromatic heterocycles. The lowest BCUT2D eigenvalue weighted by atomic mass is 10.0. The smallest absolute Gasteiger partial charge is 0.307 e. The number of nitrogens with zero attached hydrogens (tertiary/aromatic N) is 1. The van der Waals surface area contributed by atoms with Crippen molar-refractivity contribution in [2.75, 3.05) is 13.1 Å². The topological polar surface area (TPSA) is 121 Å². The molecular weight excluding hydrogens is 368 g/mol. The van der Waals surface area contributed by atoms with Crippen LogP contribution in [0.4, 0.5) is 0 Å². The van der Waals surface area contributed by atoms with Crippen LogP contribution in [0, 0.1) is 5.92 Å². The van der Waals surface area contributed by atoms with Gasteiger partial charge in [0.05, 0.1) is 15.7 Å². The molecule has 1 unspecified atom stereocenters. The fraction of sp³-hybridized carbons (Fsp3) is 0.533. The summed E-state index contributed by atoms with van der Waals surface area (Å²) < 4.78 is 53.8. The Morgan fingerprint density at radius 3 is 2.44 bits per heavy atom. The van der Waals surface area contributed by atoms with Gasteiger partial charge in [-0.1, -0.05) is 6.07 Å². The zero-order chi connectivity index (χ0) is 18.2. The van der Waals surface area contributed by atoms with E-state index < -0.39 is 31.9 Å². The monoisotopic (exact) mass is 388 g/mol. The summed E-state index contributed by atoms with van der Waals surface area (Å²) in [5.74, 6) is -1.77. The van der Waals surface area contributed by atoms with E-state index in [1.807, 2.05) is 0 Å². The van der Waals surface area contributed by atoms with Crippen molar-refractivity contribution in [2.45, 2.75) is 41.5 Å². The summed E-state index contributed by atoms with van der Waals surface area (Å²) in [5, 5.41) is 9.12. The van der Waals surface area contributed by atoms with E-state index in [0.29, 0.717) is 12.8 Å². The lowest BCUT2D eigenvalue weighted by Gasteiger charge is -2.29. The van der Waals surface area contributed by atoms with Gasteiger partial charge in [0, 0.05) is 19.1 Å². The van der Waals surface area contributed by atoms with E-state index in [1.165, 1.54) is 18.2 Å². The van der Waals surface area contributed by atoms with E-state index in [0.717, 1.165) is 23.2 Å². The van der Waals surface area contributed by atoms with Crippen molar-refractivity contribution in [2.24, 2.45) is 5.92 Å². The average Bonchev–Trinajstić information content (AvgIpc) is 3.38. The standard InChI is InChI=1S/C15H20N2O6S2/c18-15(19)11-3-2-8-17(10-11)25(22,23)14-5-1-4-13(9-14)24(20,21)16-12-6-7-12/h1,4-5,9,11-12,16H,2-3,6-8,10H2,(H,18,19). The zero-order valence-electron chi connectivity index (χ0n) is 13.5. The molecule has 2 aliphatic rings. The molecule has 0 amide bonds. The Labute approximate surface area is 146 Å². The van der Waals surface area contributed by atoms with Gasteiger partial charge in [0.15, 0.2) is 0 Å². The minimum atomic E-state index is -3.95. The van der Waals surface area contributed by atoms with Crippen molar-refractivity contribution < 1.29 is 26.7 Å². The lowest BCUT2D eigenvalue weighted by molar-refractivity contribution is -0.142. The molecule has 10 heteroatoms. The van der Waals surface area contributed by atoms with Crippen molar-refractivity contribution in [3.8, 4) is 0 Å². The van der Waals surface area contributed by atoms with Crippen molar-refractivity contribution in [3.05, 3.63) is 24.3 Å². The molecule has 1 aromatic rings. The molecule has 1 aliphatic carbocycles. The number of benzene rings is 1. The SMILES string of the molecule is O=C(O)C1CCCN(S(=O)(=O)c2cccc(S(=O)(=O)NC3CC3)c2)C1. The Morgan fingerprint density at radius 2 is 1.80 bits per heavy atom. The van der Waals surface area contributed by atoms with Gasteiger partial charge >= 0.3 is 5.97 Å². The highest BCUT2D eigenvalue weighted by molar-refractivity contribution is 7.90. The van der Waals surface area contributed by atoms with Crippen LogP contribution in [0.15, 0.2) is 34.1 Å². The highest BCUT2D eigenvalue weighted by atomic mass is 32.2. The summed E-state index contributed by atoms with van der Waals surface area (Å²) in [5.41, 5.74) is 0. The first-order chi connectivity index (χ1) is 11.7. The predicted molar refractivity (Wildman–Crippen MR) is 88.9 cm³/mol. The molecule has 8 nitrogen and oxygen atoms in total. The molecule has 0 bridgehead atoms. The minimum absolute atomic E-state index is 0.0799. The quantitative estimate of drug-likeness (QED) is 0.737. The summed E-state index contributed by atoms with van der Waals surface area (Å²) in [7, 11) is -7.71. The lowest BCUT2D eigenvalue weighted by Crippen LogP contribution is -2.42.